The van der Waals surface area contributed by atoms with E-state index < -0.39 is 0 Å². The van der Waals surface area contributed by atoms with E-state index >= 15 is 0 Å². The Morgan fingerprint density at radius 2 is 2.50 bits per heavy atom. The maximum absolute atomic E-state index is 3.99. The molecule has 0 fully saturated rings. The smallest absolute Gasteiger partial charge is 0.145 e. The minimum Gasteiger partial charge on any atom is -0.274 e. The molecule has 0 unspecified atom stereocenters. The number of aromatic nitrogens is 4. The van der Waals surface area contributed by atoms with Crippen LogP contribution in [0.1, 0.15) is 13.3 Å². The van der Waals surface area contributed by atoms with Crippen molar-refractivity contribution in [1.82, 2.24) is 20.2 Å². The fourth-order valence-electron chi connectivity index (χ4n) is 0.702. The van der Waals surface area contributed by atoms with Gasteiger partial charge in [-0.25, -0.2) is 0 Å². The molecule has 0 aromatic carbocycles. The summed E-state index contributed by atoms with van der Waals surface area (Å²) in [5, 5.41) is 10.7. The Hall–Kier alpha value is -1.26. The van der Waals surface area contributed by atoms with Gasteiger partial charge in [0.25, 0.3) is 0 Å². The quantitative estimate of drug-likeness (QED) is 0.405. The topological polar surface area (TPSA) is 56.0 Å². The summed E-state index contributed by atoms with van der Waals surface area (Å²) in [5.74, 6) is 0.866. The molecule has 10 heavy (non-hydrogen) atoms. The Labute approximate surface area is 58.8 Å². The highest BCUT2D eigenvalue weighted by Crippen LogP contribution is 1.86. The molecule has 0 radical (unpaired) electrons. The van der Waals surface area contributed by atoms with Crippen LogP contribution in [0.3, 0.4) is 0 Å². The number of nitrogens with zero attached hydrogens (tertiary/aromatic N) is 5. The van der Waals surface area contributed by atoms with Crippen LogP contribution in [-0.2, 0) is 0 Å². The summed E-state index contributed by atoms with van der Waals surface area (Å²) in [6, 6.07) is 0. The van der Waals surface area contributed by atoms with Gasteiger partial charge in [-0.2, -0.15) is 4.68 Å². The highest BCUT2D eigenvalue weighted by atomic mass is 15.5. The molecule has 1 heterocycles. The van der Waals surface area contributed by atoms with Gasteiger partial charge in [0, 0.05) is 13.5 Å². The van der Waals surface area contributed by atoms with Gasteiger partial charge in [-0.05, 0) is 10.4 Å². The highest BCUT2D eigenvalue weighted by molar-refractivity contribution is 5.82. The molecule has 0 aliphatic heterocycles. The maximum Gasteiger partial charge on any atom is 0.145 e. The van der Waals surface area contributed by atoms with Crippen LogP contribution < -0.4 is 0 Å². The van der Waals surface area contributed by atoms with Gasteiger partial charge in [-0.1, -0.05) is 6.92 Å². The SMILES string of the molecule is CC/C(=N\C)n1cnnn1. The zero-order valence-corrected chi connectivity index (χ0v) is 6.02. The molecule has 1 aromatic heterocycles. The van der Waals surface area contributed by atoms with Crippen LogP contribution in [0.5, 0.6) is 0 Å². The summed E-state index contributed by atoms with van der Waals surface area (Å²) in [6.07, 6.45) is 2.37. The second-order valence-corrected chi connectivity index (χ2v) is 1.75. The van der Waals surface area contributed by atoms with E-state index in [-0.39, 0.29) is 0 Å². The van der Waals surface area contributed by atoms with Crippen LogP contribution in [0.15, 0.2) is 11.3 Å². The Balaban J connectivity index is 2.85. The molecule has 0 atom stereocenters. The number of tetrazole rings is 1. The first-order valence-electron chi connectivity index (χ1n) is 3.07. The number of hydrogen-bond donors (Lipinski definition) is 0. The Kier molecular flexibility index (Phi) is 2.09. The van der Waals surface area contributed by atoms with Crippen LogP contribution >= 0.6 is 0 Å². The normalized spacial score (nSPS) is 12.0. The molecule has 0 bridgehead atoms. The molecule has 5 nitrogen and oxygen atoms in total. The van der Waals surface area contributed by atoms with Crippen LogP contribution in [0.25, 0.3) is 0 Å². The predicted octanol–water partition coefficient (Wildman–Crippen LogP) is -0.0405. The fourth-order valence-corrected chi connectivity index (χ4v) is 0.702. The third-order valence-corrected chi connectivity index (χ3v) is 1.19. The van der Waals surface area contributed by atoms with Gasteiger partial charge in [-0.3, -0.25) is 4.99 Å². The second kappa shape index (κ2) is 3.05. The average molecular weight is 139 g/mol. The zero-order valence-electron chi connectivity index (χ0n) is 6.02. The van der Waals surface area contributed by atoms with Crippen molar-refractivity contribution >= 4 is 5.84 Å². The van der Waals surface area contributed by atoms with E-state index in [1.807, 2.05) is 6.92 Å². The summed E-state index contributed by atoms with van der Waals surface area (Å²) >= 11 is 0. The van der Waals surface area contributed by atoms with Crippen molar-refractivity contribution in [3.8, 4) is 0 Å². The molecule has 1 rings (SSSR count). The minimum atomic E-state index is 0.835. The Morgan fingerprint density at radius 3 is 2.90 bits per heavy atom. The third kappa shape index (κ3) is 1.18. The lowest BCUT2D eigenvalue weighted by Crippen LogP contribution is -2.11. The van der Waals surface area contributed by atoms with Gasteiger partial charge in [0.15, 0.2) is 0 Å². The van der Waals surface area contributed by atoms with Crippen LogP contribution in [-0.4, -0.2) is 33.1 Å². The Morgan fingerprint density at radius 1 is 1.70 bits per heavy atom. The summed E-state index contributed by atoms with van der Waals surface area (Å²) < 4.78 is 1.56. The molecule has 5 heteroatoms. The standard InChI is InChI=1S/C5H9N5/c1-3-5(6-2)10-4-7-8-9-10/h4H,3H2,1-2H3/b6-5+. The summed E-state index contributed by atoms with van der Waals surface area (Å²) in [6.45, 7) is 2.00. The van der Waals surface area contributed by atoms with Crippen molar-refractivity contribution < 1.29 is 0 Å². The van der Waals surface area contributed by atoms with E-state index in [2.05, 4.69) is 20.5 Å². The third-order valence-electron chi connectivity index (χ3n) is 1.19. The van der Waals surface area contributed by atoms with Crippen molar-refractivity contribution in [2.75, 3.05) is 7.05 Å². The van der Waals surface area contributed by atoms with Crippen molar-refractivity contribution in [1.29, 1.82) is 0 Å². The van der Waals surface area contributed by atoms with Gasteiger partial charge in [-0.15, -0.1) is 5.10 Å². The lowest BCUT2D eigenvalue weighted by molar-refractivity contribution is 0.805. The van der Waals surface area contributed by atoms with Gasteiger partial charge >= 0.3 is 0 Å². The minimum absolute atomic E-state index is 0.835. The first-order chi connectivity index (χ1) is 4.88. The van der Waals surface area contributed by atoms with Gasteiger partial charge in [0.2, 0.25) is 0 Å². The molecule has 0 amide bonds. The van der Waals surface area contributed by atoms with Gasteiger partial charge in [0.1, 0.15) is 12.2 Å². The van der Waals surface area contributed by atoms with E-state index in [4.69, 9.17) is 0 Å². The predicted molar refractivity (Wildman–Crippen MR) is 36.9 cm³/mol. The molecule has 0 spiro atoms. The molecule has 0 saturated heterocycles. The maximum atomic E-state index is 3.99. The molecule has 1 aromatic rings. The molecule has 0 saturated carbocycles. The van der Waals surface area contributed by atoms with Gasteiger partial charge in [0.05, 0.1) is 0 Å². The summed E-state index contributed by atoms with van der Waals surface area (Å²) in [4.78, 5) is 3.99. The monoisotopic (exact) mass is 139 g/mol. The molecule has 54 valence electrons. The van der Waals surface area contributed by atoms with Crippen LogP contribution in [0, 0.1) is 0 Å². The van der Waals surface area contributed by atoms with E-state index in [1.54, 1.807) is 11.7 Å². The lowest BCUT2D eigenvalue weighted by Gasteiger charge is -1.96. The summed E-state index contributed by atoms with van der Waals surface area (Å²) in [5.41, 5.74) is 0. The molecular weight excluding hydrogens is 130 g/mol. The average Bonchev–Trinajstić information content (AvgIpc) is 2.43. The van der Waals surface area contributed by atoms with Crippen molar-refractivity contribution in [2.45, 2.75) is 13.3 Å². The van der Waals surface area contributed by atoms with Gasteiger partial charge < -0.3 is 0 Å². The fraction of sp³-hybridized carbons (Fsp3) is 0.600. The van der Waals surface area contributed by atoms with Crippen molar-refractivity contribution in [2.24, 2.45) is 4.99 Å². The van der Waals surface area contributed by atoms with E-state index in [1.165, 1.54) is 6.33 Å². The largest absolute Gasteiger partial charge is 0.274 e. The molecule has 0 N–H and O–H groups in total. The van der Waals surface area contributed by atoms with E-state index in [9.17, 15) is 0 Å². The second-order valence-electron chi connectivity index (χ2n) is 1.75. The van der Waals surface area contributed by atoms with Crippen molar-refractivity contribution in [3.63, 3.8) is 0 Å². The van der Waals surface area contributed by atoms with E-state index in [0.29, 0.717) is 0 Å². The molecule has 0 aliphatic carbocycles. The lowest BCUT2D eigenvalue weighted by atomic mass is 10.4. The first-order valence-corrected chi connectivity index (χ1v) is 3.07. The molecular formula is C5H9N5. The highest BCUT2D eigenvalue weighted by Gasteiger charge is 1.97. The van der Waals surface area contributed by atoms with Crippen LogP contribution in [0.2, 0.25) is 0 Å². The Bertz CT molecular complexity index is 212. The van der Waals surface area contributed by atoms with Crippen molar-refractivity contribution in [3.05, 3.63) is 6.33 Å². The molecule has 0 aliphatic rings. The summed E-state index contributed by atoms with van der Waals surface area (Å²) in [7, 11) is 1.72. The zero-order chi connectivity index (χ0) is 7.40. The number of aliphatic imine (C=N–C) groups is 1. The number of hydrogen-bond acceptors (Lipinski definition) is 4. The first kappa shape index (κ1) is 6.85. The number of rotatable bonds is 1. The van der Waals surface area contributed by atoms with Crippen LogP contribution in [0.4, 0.5) is 0 Å². The van der Waals surface area contributed by atoms with E-state index in [0.717, 1.165) is 12.3 Å².